The van der Waals surface area contributed by atoms with Crippen molar-refractivity contribution < 1.29 is 9.53 Å². The predicted octanol–water partition coefficient (Wildman–Crippen LogP) is 3.21. The molecule has 2 heterocycles. The molecule has 2 aromatic heterocycles. The van der Waals surface area contributed by atoms with E-state index in [0.29, 0.717) is 11.4 Å². The second kappa shape index (κ2) is 8.06. The maximum atomic E-state index is 13.1. The van der Waals surface area contributed by atoms with Crippen LogP contribution in [0.4, 0.5) is 0 Å². The molecule has 0 aliphatic rings. The minimum atomic E-state index is -0.606. The lowest BCUT2D eigenvalue weighted by Crippen LogP contribution is -2.22. The highest BCUT2D eigenvalue weighted by Crippen LogP contribution is 2.26. The van der Waals surface area contributed by atoms with Crippen molar-refractivity contribution in [1.29, 1.82) is 5.26 Å². The largest absolute Gasteiger partial charge is 0.438 e. The molecular weight excluding hydrogens is 424 g/mol. The number of amides is 1. The molecule has 140 valence electrons. The molecule has 0 fully saturated rings. The van der Waals surface area contributed by atoms with Crippen LogP contribution < -0.4 is 15.6 Å². The van der Waals surface area contributed by atoms with Gasteiger partial charge in [-0.3, -0.25) is 14.0 Å². The van der Waals surface area contributed by atoms with Crippen molar-refractivity contribution in [3.05, 3.63) is 74.1 Å². The van der Waals surface area contributed by atoms with Gasteiger partial charge in [0.05, 0.1) is 0 Å². The lowest BCUT2D eigenvalue weighted by Gasteiger charge is -2.11. The summed E-state index contributed by atoms with van der Waals surface area (Å²) in [5.74, 6) is -0.134. The van der Waals surface area contributed by atoms with Crippen LogP contribution in [0.2, 0.25) is 0 Å². The first-order valence-corrected chi connectivity index (χ1v) is 9.03. The molecule has 1 N–H and O–H groups in total. The number of hydrogen-bond donors (Lipinski definition) is 1. The van der Waals surface area contributed by atoms with Crippen LogP contribution in [-0.2, 0) is 4.79 Å². The number of aromatic nitrogens is 2. The molecule has 0 aliphatic heterocycles. The number of nitrogens with zero attached hydrogens (tertiary/aromatic N) is 3. The van der Waals surface area contributed by atoms with Crippen LogP contribution in [0.1, 0.15) is 11.1 Å². The van der Waals surface area contributed by atoms with Crippen LogP contribution in [0.25, 0.3) is 11.7 Å². The third-order valence-electron chi connectivity index (χ3n) is 3.96. The van der Waals surface area contributed by atoms with E-state index in [4.69, 9.17) is 4.74 Å². The number of halogens is 1. The van der Waals surface area contributed by atoms with Crippen molar-refractivity contribution in [1.82, 2.24) is 14.7 Å². The van der Waals surface area contributed by atoms with Crippen LogP contribution in [0.15, 0.2) is 57.4 Å². The van der Waals surface area contributed by atoms with E-state index in [0.717, 1.165) is 10.0 Å². The summed E-state index contributed by atoms with van der Waals surface area (Å²) in [7, 11) is 1.40. The highest BCUT2D eigenvalue weighted by atomic mass is 79.9. The topological polar surface area (TPSA) is 96.5 Å². The number of aryl methyl sites for hydroxylation is 1. The van der Waals surface area contributed by atoms with Crippen molar-refractivity contribution in [2.24, 2.45) is 0 Å². The summed E-state index contributed by atoms with van der Waals surface area (Å²) in [5, 5.41) is 11.7. The summed E-state index contributed by atoms with van der Waals surface area (Å²) >= 11 is 3.35. The molecule has 1 aromatic carbocycles. The van der Waals surface area contributed by atoms with Gasteiger partial charge >= 0.3 is 0 Å². The van der Waals surface area contributed by atoms with Crippen molar-refractivity contribution >= 4 is 33.6 Å². The van der Waals surface area contributed by atoms with Crippen molar-refractivity contribution in [2.45, 2.75) is 6.92 Å². The fourth-order valence-electron chi connectivity index (χ4n) is 2.54. The monoisotopic (exact) mass is 438 g/mol. The van der Waals surface area contributed by atoms with Crippen LogP contribution >= 0.6 is 15.9 Å². The van der Waals surface area contributed by atoms with Gasteiger partial charge in [-0.15, -0.1) is 0 Å². The zero-order chi connectivity index (χ0) is 20.3. The zero-order valence-corrected chi connectivity index (χ0v) is 16.6. The Balaban J connectivity index is 2.27. The van der Waals surface area contributed by atoms with Gasteiger partial charge in [0, 0.05) is 17.7 Å². The molecule has 0 spiro atoms. The molecule has 3 rings (SSSR count). The summed E-state index contributed by atoms with van der Waals surface area (Å²) < 4.78 is 8.06. The van der Waals surface area contributed by atoms with Gasteiger partial charge in [-0.25, -0.2) is 0 Å². The Morgan fingerprint density at radius 1 is 1.32 bits per heavy atom. The number of nitriles is 1. The number of pyridine rings is 1. The second-order valence-electron chi connectivity index (χ2n) is 5.83. The number of fused-ring (bicyclic) bond motifs is 1. The molecule has 0 aliphatic carbocycles. The SMILES string of the molecule is CNC(=O)/C(C#N)=C/c1c(Oc2ccc(Br)cc2)nc2c(C)cccn2c1=O. The van der Waals surface area contributed by atoms with Crippen molar-refractivity contribution in [3.8, 4) is 17.7 Å². The van der Waals surface area contributed by atoms with Crippen LogP contribution in [0.5, 0.6) is 11.6 Å². The third kappa shape index (κ3) is 3.80. The molecule has 0 radical (unpaired) electrons. The molecule has 0 saturated heterocycles. The number of carbonyl (C=O) groups is 1. The van der Waals surface area contributed by atoms with Crippen molar-refractivity contribution in [2.75, 3.05) is 7.05 Å². The number of hydrogen-bond acceptors (Lipinski definition) is 5. The molecule has 1 amide bonds. The van der Waals surface area contributed by atoms with E-state index in [1.807, 2.05) is 13.0 Å². The van der Waals surface area contributed by atoms with Gasteiger partial charge in [0.2, 0.25) is 5.88 Å². The van der Waals surface area contributed by atoms with Crippen LogP contribution in [-0.4, -0.2) is 22.3 Å². The van der Waals surface area contributed by atoms with Gasteiger partial charge in [-0.2, -0.15) is 10.2 Å². The molecule has 0 unspecified atom stereocenters. The molecule has 7 nitrogen and oxygen atoms in total. The number of carbonyl (C=O) groups excluding carboxylic acids is 1. The first-order chi connectivity index (χ1) is 13.4. The van der Waals surface area contributed by atoms with Crippen LogP contribution in [0.3, 0.4) is 0 Å². The molecule has 8 heteroatoms. The van der Waals surface area contributed by atoms with Gasteiger partial charge in [0.1, 0.15) is 28.6 Å². The van der Waals surface area contributed by atoms with E-state index >= 15 is 0 Å². The van der Waals surface area contributed by atoms with E-state index in [1.165, 1.54) is 17.5 Å². The van der Waals surface area contributed by atoms with E-state index < -0.39 is 11.5 Å². The summed E-state index contributed by atoms with van der Waals surface area (Å²) in [6, 6.07) is 12.3. The lowest BCUT2D eigenvalue weighted by atomic mass is 10.1. The fraction of sp³-hybridized carbons (Fsp3) is 0.100. The zero-order valence-electron chi connectivity index (χ0n) is 15.1. The molecular formula is C20H15BrN4O3. The summed E-state index contributed by atoms with van der Waals surface area (Å²) in [6.45, 7) is 1.83. The Kier molecular flexibility index (Phi) is 5.57. The number of rotatable bonds is 4. The van der Waals surface area contributed by atoms with Gasteiger partial charge in [0.15, 0.2) is 0 Å². The quantitative estimate of drug-likeness (QED) is 0.498. The minimum absolute atomic E-state index is 0.00571. The highest BCUT2D eigenvalue weighted by Gasteiger charge is 2.17. The Hall–Kier alpha value is -3.44. The molecule has 3 aromatic rings. The Morgan fingerprint density at radius 2 is 2.04 bits per heavy atom. The average molecular weight is 439 g/mol. The van der Waals surface area contributed by atoms with E-state index in [-0.39, 0.29) is 17.0 Å². The maximum Gasteiger partial charge on any atom is 0.269 e. The normalized spacial score (nSPS) is 11.1. The Bertz CT molecular complexity index is 1190. The van der Waals surface area contributed by atoms with E-state index in [9.17, 15) is 14.9 Å². The Morgan fingerprint density at radius 3 is 2.68 bits per heavy atom. The van der Waals surface area contributed by atoms with Gasteiger partial charge in [-0.05, 0) is 48.9 Å². The smallest absolute Gasteiger partial charge is 0.269 e. The highest BCUT2D eigenvalue weighted by molar-refractivity contribution is 9.10. The number of ether oxygens (including phenoxy) is 1. The molecule has 0 bridgehead atoms. The standard InChI is InChI=1S/C20H15BrN4O3/c1-12-4-3-9-25-17(12)24-19(28-15-7-5-14(21)6-8-15)16(20(25)27)10-13(11-22)18(26)23-2/h3-10H,1-2H3,(H,23,26)/b13-10+. The third-order valence-corrected chi connectivity index (χ3v) is 4.49. The first-order valence-electron chi connectivity index (χ1n) is 8.24. The predicted molar refractivity (Wildman–Crippen MR) is 108 cm³/mol. The van der Waals surface area contributed by atoms with Crippen LogP contribution in [0, 0.1) is 18.3 Å². The Labute approximate surface area is 169 Å². The fourth-order valence-corrected chi connectivity index (χ4v) is 2.80. The number of nitrogens with one attached hydrogen (secondary N) is 1. The molecule has 0 atom stereocenters. The molecule has 28 heavy (non-hydrogen) atoms. The number of benzene rings is 1. The minimum Gasteiger partial charge on any atom is -0.438 e. The van der Waals surface area contributed by atoms with E-state index in [1.54, 1.807) is 42.6 Å². The van der Waals surface area contributed by atoms with E-state index in [2.05, 4.69) is 26.2 Å². The van der Waals surface area contributed by atoms with Crippen molar-refractivity contribution in [3.63, 3.8) is 0 Å². The summed E-state index contributed by atoms with van der Waals surface area (Å²) in [6.07, 6.45) is 2.77. The number of likely N-dealkylation sites (N-methyl/N-ethyl adjacent to an activating group) is 1. The first kappa shape index (κ1) is 19.3. The second-order valence-corrected chi connectivity index (χ2v) is 6.74. The molecule has 0 saturated carbocycles. The average Bonchev–Trinajstić information content (AvgIpc) is 2.70. The summed E-state index contributed by atoms with van der Waals surface area (Å²) in [4.78, 5) is 29.4. The van der Waals surface area contributed by atoms with Gasteiger partial charge in [0.25, 0.3) is 11.5 Å². The lowest BCUT2D eigenvalue weighted by molar-refractivity contribution is -0.116. The maximum absolute atomic E-state index is 13.1. The van der Waals surface area contributed by atoms with Gasteiger partial charge < -0.3 is 10.1 Å². The van der Waals surface area contributed by atoms with Gasteiger partial charge in [-0.1, -0.05) is 22.0 Å². The summed E-state index contributed by atoms with van der Waals surface area (Å²) in [5.41, 5.74) is 0.538.